The maximum absolute atomic E-state index is 13.7. The maximum atomic E-state index is 13.7. The van der Waals surface area contributed by atoms with Crippen LogP contribution < -0.4 is 5.32 Å². The van der Waals surface area contributed by atoms with Crippen molar-refractivity contribution in [3.05, 3.63) is 34.6 Å². The standard InChI is InChI=1S/C14H15ClFNO3/c1-14(2,13(19)20)17-12(18)8-6-7(8)11-9(15)4-3-5-10(11)16/h3-5,7-8H,6H2,1-2H3,(H,17,18)(H,19,20)/t7-,8-/m1/s1. The summed E-state index contributed by atoms with van der Waals surface area (Å²) >= 11 is 5.95. The van der Waals surface area contributed by atoms with Crippen LogP contribution in [0.5, 0.6) is 0 Å². The second kappa shape index (κ2) is 5.05. The highest BCUT2D eigenvalue weighted by molar-refractivity contribution is 6.31. The number of nitrogens with one attached hydrogen (secondary N) is 1. The lowest BCUT2D eigenvalue weighted by atomic mass is 10.0. The zero-order valence-corrected chi connectivity index (χ0v) is 11.9. The fourth-order valence-corrected chi connectivity index (χ4v) is 2.43. The van der Waals surface area contributed by atoms with Crippen LogP contribution in [0.2, 0.25) is 5.02 Å². The average molecular weight is 300 g/mol. The molecule has 0 spiro atoms. The van der Waals surface area contributed by atoms with Crippen molar-refractivity contribution in [3.8, 4) is 0 Å². The van der Waals surface area contributed by atoms with Crippen molar-refractivity contribution in [2.24, 2.45) is 5.92 Å². The van der Waals surface area contributed by atoms with E-state index in [1.54, 1.807) is 6.07 Å². The van der Waals surface area contributed by atoms with E-state index in [1.165, 1.54) is 26.0 Å². The van der Waals surface area contributed by atoms with E-state index in [9.17, 15) is 14.0 Å². The smallest absolute Gasteiger partial charge is 0.328 e. The molecular weight excluding hydrogens is 285 g/mol. The maximum Gasteiger partial charge on any atom is 0.328 e. The second-order valence-corrected chi connectivity index (χ2v) is 5.91. The monoisotopic (exact) mass is 299 g/mol. The summed E-state index contributed by atoms with van der Waals surface area (Å²) in [5.41, 5.74) is -1.01. The number of hydrogen-bond acceptors (Lipinski definition) is 2. The van der Waals surface area contributed by atoms with Crippen molar-refractivity contribution >= 4 is 23.5 Å². The molecule has 1 fully saturated rings. The number of carbonyl (C=O) groups excluding carboxylic acids is 1. The molecule has 0 bridgehead atoms. The van der Waals surface area contributed by atoms with Crippen LogP contribution in [0.4, 0.5) is 4.39 Å². The van der Waals surface area contributed by atoms with Gasteiger partial charge in [0.25, 0.3) is 0 Å². The molecule has 0 aliphatic heterocycles. The average Bonchev–Trinajstić information content (AvgIpc) is 3.08. The molecule has 1 aliphatic carbocycles. The molecule has 0 radical (unpaired) electrons. The van der Waals surface area contributed by atoms with E-state index < -0.39 is 23.2 Å². The van der Waals surface area contributed by atoms with Crippen LogP contribution in [0.3, 0.4) is 0 Å². The van der Waals surface area contributed by atoms with Gasteiger partial charge in [-0.05, 0) is 32.4 Å². The van der Waals surface area contributed by atoms with Gasteiger partial charge >= 0.3 is 5.97 Å². The third kappa shape index (κ3) is 2.77. The van der Waals surface area contributed by atoms with Gasteiger partial charge in [-0.3, -0.25) is 4.79 Å². The van der Waals surface area contributed by atoms with Gasteiger partial charge in [-0.1, -0.05) is 17.7 Å². The van der Waals surface area contributed by atoms with Gasteiger partial charge in [-0.15, -0.1) is 0 Å². The number of halogens is 2. The Kier molecular flexibility index (Phi) is 3.73. The van der Waals surface area contributed by atoms with Crippen molar-refractivity contribution in [1.82, 2.24) is 5.32 Å². The minimum absolute atomic E-state index is 0.284. The molecule has 0 heterocycles. The number of aliphatic carboxylic acids is 1. The molecule has 108 valence electrons. The molecular formula is C14H15ClFNO3. The molecule has 1 amide bonds. The van der Waals surface area contributed by atoms with Crippen molar-refractivity contribution in [2.45, 2.75) is 31.7 Å². The number of amides is 1. The second-order valence-electron chi connectivity index (χ2n) is 5.50. The van der Waals surface area contributed by atoms with Gasteiger partial charge in [0.15, 0.2) is 0 Å². The van der Waals surface area contributed by atoms with E-state index in [1.807, 2.05) is 0 Å². The molecule has 0 saturated heterocycles. The van der Waals surface area contributed by atoms with E-state index in [-0.39, 0.29) is 11.8 Å². The largest absolute Gasteiger partial charge is 0.480 e. The van der Waals surface area contributed by atoms with Gasteiger partial charge < -0.3 is 10.4 Å². The highest BCUT2D eigenvalue weighted by atomic mass is 35.5. The first-order valence-electron chi connectivity index (χ1n) is 6.23. The molecule has 0 aromatic heterocycles. The highest BCUT2D eigenvalue weighted by Crippen LogP contribution is 2.50. The molecule has 6 heteroatoms. The van der Waals surface area contributed by atoms with Gasteiger partial charge in [0.2, 0.25) is 5.91 Å². The number of carboxylic acids is 1. The molecule has 0 unspecified atom stereocenters. The molecule has 2 rings (SSSR count). The van der Waals surface area contributed by atoms with Gasteiger partial charge in [0.1, 0.15) is 11.4 Å². The Hall–Kier alpha value is -1.62. The molecule has 2 N–H and O–H groups in total. The van der Waals surface area contributed by atoms with Crippen molar-refractivity contribution in [1.29, 1.82) is 0 Å². The molecule has 1 saturated carbocycles. The Bertz CT molecular complexity index is 553. The van der Waals surface area contributed by atoms with Crippen LogP contribution in [-0.4, -0.2) is 22.5 Å². The van der Waals surface area contributed by atoms with Gasteiger partial charge in [-0.2, -0.15) is 0 Å². The summed E-state index contributed by atoms with van der Waals surface area (Å²) in [4.78, 5) is 23.0. The quantitative estimate of drug-likeness (QED) is 0.898. The zero-order valence-electron chi connectivity index (χ0n) is 11.1. The Balaban J connectivity index is 2.09. The SMILES string of the molecule is CC(C)(NC(=O)[C@@H]1C[C@H]1c1c(F)cccc1Cl)C(=O)O. The normalized spacial score (nSPS) is 21.4. The third-order valence-electron chi connectivity index (χ3n) is 3.47. The molecule has 1 aliphatic rings. The number of rotatable bonds is 4. The number of benzene rings is 1. The minimum atomic E-state index is -1.34. The highest BCUT2D eigenvalue weighted by Gasteiger charge is 2.47. The summed E-state index contributed by atoms with van der Waals surface area (Å²) in [6, 6.07) is 4.39. The van der Waals surface area contributed by atoms with Crippen LogP contribution in [0.15, 0.2) is 18.2 Å². The Morgan fingerprint density at radius 1 is 1.45 bits per heavy atom. The van der Waals surface area contributed by atoms with E-state index in [2.05, 4.69) is 5.32 Å². The Morgan fingerprint density at radius 3 is 2.65 bits per heavy atom. The lowest BCUT2D eigenvalue weighted by molar-refractivity contribution is -0.146. The first-order chi connectivity index (χ1) is 9.24. The Morgan fingerprint density at radius 2 is 2.10 bits per heavy atom. The minimum Gasteiger partial charge on any atom is -0.480 e. The van der Waals surface area contributed by atoms with Gasteiger partial charge in [0.05, 0.1) is 0 Å². The van der Waals surface area contributed by atoms with Gasteiger partial charge in [0, 0.05) is 22.4 Å². The third-order valence-corrected chi connectivity index (χ3v) is 3.80. The lowest BCUT2D eigenvalue weighted by Gasteiger charge is -2.21. The summed E-state index contributed by atoms with van der Waals surface area (Å²) in [5.74, 6) is -2.65. The molecule has 2 atom stereocenters. The first kappa shape index (κ1) is 14.8. The van der Waals surface area contributed by atoms with E-state index in [0.717, 1.165) is 0 Å². The summed E-state index contributed by atoms with van der Waals surface area (Å²) in [6.07, 6.45) is 0.474. The predicted octanol–water partition coefficient (Wildman–Crippen LogP) is 2.56. The first-order valence-corrected chi connectivity index (χ1v) is 6.61. The number of hydrogen-bond donors (Lipinski definition) is 2. The fourth-order valence-electron chi connectivity index (χ4n) is 2.12. The topological polar surface area (TPSA) is 66.4 Å². The summed E-state index contributed by atoms with van der Waals surface area (Å²) in [6.45, 7) is 2.81. The predicted molar refractivity (Wildman–Crippen MR) is 72.1 cm³/mol. The van der Waals surface area contributed by atoms with Crippen LogP contribution >= 0.6 is 11.6 Å². The van der Waals surface area contributed by atoms with Crippen molar-refractivity contribution in [3.63, 3.8) is 0 Å². The molecule has 4 nitrogen and oxygen atoms in total. The fraction of sp³-hybridized carbons (Fsp3) is 0.429. The number of carboxylic acid groups (broad SMARTS) is 1. The van der Waals surface area contributed by atoms with Crippen molar-refractivity contribution < 1.29 is 19.1 Å². The van der Waals surface area contributed by atoms with E-state index in [4.69, 9.17) is 16.7 Å². The zero-order chi connectivity index (χ0) is 15.1. The van der Waals surface area contributed by atoms with Gasteiger partial charge in [-0.25, -0.2) is 9.18 Å². The van der Waals surface area contributed by atoms with Crippen LogP contribution in [-0.2, 0) is 9.59 Å². The van der Waals surface area contributed by atoms with Crippen molar-refractivity contribution in [2.75, 3.05) is 0 Å². The Labute approximate surface area is 120 Å². The van der Waals surface area contributed by atoms with Crippen LogP contribution in [0, 0.1) is 11.7 Å². The molecule has 1 aromatic rings. The summed E-state index contributed by atoms with van der Waals surface area (Å²) < 4.78 is 13.7. The molecule has 20 heavy (non-hydrogen) atoms. The summed E-state index contributed by atoms with van der Waals surface area (Å²) in [5, 5.41) is 11.7. The number of carbonyl (C=O) groups is 2. The lowest BCUT2D eigenvalue weighted by Crippen LogP contribution is -2.50. The summed E-state index contributed by atoms with van der Waals surface area (Å²) in [7, 11) is 0. The van der Waals surface area contributed by atoms with E-state index >= 15 is 0 Å². The molecule has 1 aromatic carbocycles. The van der Waals surface area contributed by atoms with Crippen LogP contribution in [0.25, 0.3) is 0 Å². The van der Waals surface area contributed by atoms with E-state index in [0.29, 0.717) is 17.0 Å². The van der Waals surface area contributed by atoms with Crippen LogP contribution in [0.1, 0.15) is 31.7 Å².